The van der Waals surface area contributed by atoms with Gasteiger partial charge in [0.1, 0.15) is 6.04 Å². The number of aliphatic hydroxyl groups is 1. The first-order valence-corrected chi connectivity index (χ1v) is 13.6. The third-order valence-electron chi connectivity index (χ3n) is 7.78. The maximum absolute atomic E-state index is 13.9. The zero-order chi connectivity index (χ0) is 25.4. The molecule has 3 fully saturated rings. The minimum atomic E-state index is -0.728. The first kappa shape index (κ1) is 25.1. The highest BCUT2D eigenvalue weighted by Crippen LogP contribution is 2.68. The van der Waals surface area contributed by atoms with Gasteiger partial charge in [0.2, 0.25) is 17.7 Å². The number of likely N-dealkylation sites (tertiary alicyclic amines) is 1. The van der Waals surface area contributed by atoms with Gasteiger partial charge in [0, 0.05) is 35.7 Å². The maximum Gasteiger partial charge on any atom is 0.248 e. The molecule has 6 atom stereocenters. The molecule has 3 unspecified atom stereocenters. The molecular formula is C27H30ClN3O4S. The van der Waals surface area contributed by atoms with Crippen LogP contribution in [0.5, 0.6) is 0 Å². The van der Waals surface area contributed by atoms with Crippen LogP contribution in [0.1, 0.15) is 25.3 Å². The Morgan fingerprint density at radius 1 is 1.14 bits per heavy atom. The molecule has 2 bridgehead atoms. The van der Waals surface area contributed by atoms with Crippen LogP contribution in [0.4, 0.5) is 5.69 Å². The lowest BCUT2D eigenvalue weighted by molar-refractivity contribution is -0.139. The molecule has 7 nitrogen and oxygen atoms in total. The fourth-order valence-corrected chi connectivity index (χ4v) is 8.80. The molecule has 9 heteroatoms. The SMILES string of the molecule is CC1C[C@@H]2SC13C(C(=O)Nc1ccc(Cl)cc1)N(CCCO)C(=O)[C@@H]3[C@@H]2C(=O)NCc1ccccc1. The second-order valence-electron chi connectivity index (χ2n) is 9.86. The number of hydrogen-bond acceptors (Lipinski definition) is 5. The number of benzene rings is 2. The number of nitrogens with one attached hydrogen (secondary N) is 2. The van der Waals surface area contributed by atoms with Crippen molar-refractivity contribution in [2.24, 2.45) is 17.8 Å². The third-order valence-corrected chi connectivity index (χ3v) is 10.1. The average Bonchev–Trinajstić information content (AvgIpc) is 3.47. The number of anilines is 1. The number of thioether (sulfide) groups is 1. The molecule has 3 amide bonds. The summed E-state index contributed by atoms with van der Waals surface area (Å²) in [6.07, 6.45) is 1.14. The van der Waals surface area contributed by atoms with Gasteiger partial charge in [-0.05, 0) is 48.6 Å². The van der Waals surface area contributed by atoms with Crippen molar-refractivity contribution in [3.63, 3.8) is 0 Å². The molecule has 3 saturated heterocycles. The fraction of sp³-hybridized carbons (Fsp3) is 0.444. The van der Waals surface area contributed by atoms with E-state index in [2.05, 4.69) is 17.6 Å². The van der Waals surface area contributed by atoms with Gasteiger partial charge in [-0.2, -0.15) is 0 Å². The second-order valence-corrected chi connectivity index (χ2v) is 11.8. The van der Waals surface area contributed by atoms with Crippen LogP contribution < -0.4 is 10.6 Å². The number of fused-ring (bicyclic) bond motifs is 1. The Bertz CT molecular complexity index is 1150. The zero-order valence-electron chi connectivity index (χ0n) is 20.0. The monoisotopic (exact) mass is 527 g/mol. The molecule has 36 heavy (non-hydrogen) atoms. The van der Waals surface area contributed by atoms with Crippen molar-refractivity contribution in [2.75, 3.05) is 18.5 Å². The summed E-state index contributed by atoms with van der Waals surface area (Å²) in [5.74, 6) is -1.55. The molecular weight excluding hydrogens is 498 g/mol. The van der Waals surface area contributed by atoms with Gasteiger partial charge < -0.3 is 20.6 Å². The van der Waals surface area contributed by atoms with Gasteiger partial charge in [0.15, 0.2) is 0 Å². The van der Waals surface area contributed by atoms with E-state index in [1.807, 2.05) is 30.3 Å². The van der Waals surface area contributed by atoms with Crippen LogP contribution >= 0.6 is 23.4 Å². The van der Waals surface area contributed by atoms with E-state index in [0.717, 1.165) is 12.0 Å². The highest BCUT2D eigenvalue weighted by atomic mass is 35.5. The van der Waals surface area contributed by atoms with Gasteiger partial charge in [-0.15, -0.1) is 11.8 Å². The van der Waals surface area contributed by atoms with Crippen LogP contribution in [0.2, 0.25) is 5.02 Å². The maximum atomic E-state index is 13.9. The van der Waals surface area contributed by atoms with E-state index in [9.17, 15) is 19.5 Å². The minimum Gasteiger partial charge on any atom is -0.396 e. The number of halogens is 1. The number of carbonyl (C=O) groups excluding carboxylic acids is 3. The summed E-state index contributed by atoms with van der Waals surface area (Å²) >= 11 is 7.64. The number of rotatable bonds is 8. The lowest BCUT2D eigenvalue weighted by Gasteiger charge is -2.38. The van der Waals surface area contributed by atoms with Crippen LogP contribution in [0.15, 0.2) is 54.6 Å². The van der Waals surface area contributed by atoms with Crippen molar-refractivity contribution in [2.45, 2.75) is 42.3 Å². The average molecular weight is 528 g/mol. The van der Waals surface area contributed by atoms with Gasteiger partial charge in [-0.3, -0.25) is 14.4 Å². The third kappa shape index (κ3) is 4.19. The van der Waals surface area contributed by atoms with Gasteiger partial charge in [0.25, 0.3) is 0 Å². The predicted molar refractivity (Wildman–Crippen MR) is 140 cm³/mol. The Labute approximate surface area is 220 Å². The summed E-state index contributed by atoms with van der Waals surface area (Å²) in [6, 6.07) is 15.8. The molecule has 0 aliphatic carbocycles. The van der Waals surface area contributed by atoms with Gasteiger partial charge in [-0.25, -0.2) is 0 Å². The molecule has 0 aromatic heterocycles. The summed E-state index contributed by atoms with van der Waals surface area (Å²) in [4.78, 5) is 42.7. The van der Waals surface area contributed by atoms with Crippen molar-refractivity contribution < 1.29 is 19.5 Å². The first-order chi connectivity index (χ1) is 17.4. The number of amides is 3. The number of aliphatic hydroxyl groups excluding tert-OH is 1. The van der Waals surface area contributed by atoms with Crippen molar-refractivity contribution in [3.8, 4) is 0 Å². The number of carbonyl (C=O) groups is 3. The lowest BCUT2D eigenvalue weighted by atomic mass is 9.66. The van der Waals surface area contributed by atoms with E-state index in [1.54, 1.807) is 40.9 Å². The van der Waals surface area contributed by atoms with Crippen molar-refractivity contribution in [1.82, 2.24) is 10.2 Å². The number of nitrogens with zero attached hydrogens (tertiary/aromatic N) is 1. The molecule has 0 saturated carbocycles. The highest BCUT2D eigenvalue weighted by Gasteiger charge is 2.75. The molecule has 3 aliphatic rings. The standard InChI is InChI=1S/C27H30ClN3O4S/c1-16-14-20-21(24(33)29-15-17-6-3-2-4-7-17)22-26(35)31(12-5-13-32)23(27(16,22)36-20)25(34)30-19-10-8-18(28)9-11-19/h2-4,6-11,16,20-23,32H,5,12-15H2,1H3,(H,29,33)(H,30,34)/t16?,20-,21+,22-,23?,27?/m0/s1. The molecule has 3 N–H and O–H groups in total. The molecule has 2 aromatic rings. The largest absolute Gasteiger partial charge is 0.396 e. The Balaban J connectivity index is 1.44. The predicted octanol–water partition coefficient (Wildman–Crippen LogP) is 3.31. The van der Waals surface area contributed by atoms with E-state index < -0.39 is 22.6 Å². The fourth-order valence-electron chi connectivity index (χ4n) is 6.25. The van der Waals surface area contributed by atoms with Gasteiger partial charge in [-0.1, -0.05) is 48.9 Å². The molecule has 0 radical (unpaired) electrons. The second kappa shape index (κ2) is 10.1. The van der Waals surface area contributed by atoms with E-state index in [0.29, 0.717) is 23.7 Å². The van der Waals surface area contributed by atoms with Crippen molar-refractivity contribution >= 4 is 46.8 Å². The van der Waals surface area contributed by atoms with Crippen molar-refractivity contribution in [1.29, 1.82) is 0 Å². The van der Waals surface area contributed by atoms with Gasteiger partial charge >= 0.3 is 0 Å². The number of hydrogen-bond donors (Lipinski definition) is 3. The van der Waals surface area contributed by atoms with E-state index in [1.165, 1.54) is 0 Å². The first-order valence-electron chi connectivity index (χ1n) is 12.3. The summed E-state index contributed by atoms with van der Waals surface area (Å²) < 4.78 is -0.692. The van der Waals surface area contributed by atoms with Crippen LogP contribution in [-0.4, -0.2) is 56.9 Å². The molecule has 1 spiro atoms. The summed E-state index contributed by atoms with van der Waals surface area (Å²) in [7, 11) is 0. The van der Waals surface area contributed by atoms with E-state index in [4.69, 9.17) is 11.6 Å². The molecule has 2 aromatic carbocycles. The van der Waals surface area contributed by atoms with E-state index in [-0.39, 0.29) is 42.0 Å². The summed E-state index contributed by atoms with van der Waals surface area (Å²) in [5.41, 5.74) is 1.59. The molecule has 3 aliphatic heterocycles. The molecule has 5 rings (SSSR count). The topological polar surface area (TPSA) is 98.7 Å². The summed E-state index contributed by atoms with van der Waals surface area (Å²) in [6.45, 7) is 2.66. The molecule has 190 valence electrons. The smallest absolute Gasteiger partial charge is 0.248 e. The lowest BCUT2D eigenvalue weighted by Crippen LogP contribution is -2.55. The van der Waals surface area contributed by atoms with Crippen molar-refractivity contribution in [3.05, 3.63) is 65.2 Å². The Hall–Kier alpha value is -2.55. The van der Waals surface area contributed by atoms with Crippen LogP contribution in [0, 0.1) is 17.8 Å². The Morgan fingerprint density at radius 2 is 1.86 bits per heavy atom. The Kier molecular flexibility index (Phi) is 7.03. The Morgan fingerprint density at radius 3 is 2.56 bits per heavy atom. The minimum absolute atomic E-state index is 0.0180. The summed E-state index contributed by atoms with van der Waals surface area (Å²) in [5, 5.41) is 16.0. The molecule has 3 heterocycles. The highest BCUT2D eigenvalue weighted by molar-refractivity contribution is 8.02. The van der Waals surface area contributed by atoms with Crippen LogP contribution in [-0.2, 0) is 20.9 Å². The van der Waals surface area contributed by atoms with E-state index >= 15 is 0 Å². The van der Waals surface area contributed by atoms with Gasteiger partial charge in [0.05, 0.1) is 16.6 Å². The van der Waals surface area contributed by atoms with Crippen LogP contribution in [0.3, 0.4) is 0 Å². The zero-order valence-corrected chi connectivity index (χ0v) is 21.6. The quantitative estimate of drug-likeness (QED) is 0.489. The normalized spacial score (nSPS) is 30.4. The van der Waals surface area contributed by atoms with Crippen LogP contribution in [0.25, 0.3) is 0 Å².